The number of allylic oxidation sites excluding steroid dienone is 1. The predicted octanol–water partition coefficient (Wildman–Crippen LogP) is 4.10. The number of nitrogens with zero attached hydrogens (tertiary/aromatic N) is 2. The molecule has 160 valence electrons. The van der Waals surface area contributed by atoms with Gasteiger partial charge in [0.15, 0.2) is 18.1 Å². The van der Waals surface area contributed by atoms with Crippen molar-refractivity contribution in [3.05, 3.63) is 94.3 Å². The van der Waals surface area contributed by atoms with Crippen LogP contribution in [0.1, 0.15) is 44.8 Å². The van der Waals surface area contributed by atoms with Crippen LogP contribution in [0, 0.1) is 6.92 Å². The molecule has 1 atom stereocenters. The Morgan fingerprint density at radius 3 is 2.65 bits per heavy atom. The zero-order chi connectivity index (χ0) is 22.4. The number of aryl methyl sites for hydroxylation is 1. The Labute approximate surface area is 182 Å². The Bertz CT molecular complexity index is 1090. The summed E-state index contributed by atoms with van der Waals surface area (Å²) in [5, 5.41) is 10.6. The van der Waals surface area contributed by atoms with E-state index in [1.165, 1.54) is 7.11 Å². The molecule has 2 aromatic carbocycles. The van der Waals surface area contributed by atoms with Gasteiger partial charge in [0.05, 0.1) is 12.7 Å². The van der Waals surface area contributed by atoms with Crippen molar-refractivity contribution >= 4 is 23.8 Å². The summed E-state index contributed by atoms with van der Waals surface area (Å²) in [6.45, 7) is 3.76. The van der Waals surface area contributed by atoms with Gasteiger partial charge in [-0.1, -0.05) is 30.7 Å². The number of rotatable bonds is 8. The molecule has 7 nitrogen and oxygen atoms in total. The number of methoxy groups -OCH3 is 1. The van der Waals surface area contributed by atoms with Crippen molar-refractivity contribution in [2.75, 3.05) is 19.5 Å². The van der Waals surface area contributed by atoms with Gasteiger partial charge < -0.3 is 20.7 Å². The van der Waals surface area contributed by atoms with E-state index in [9.17, 15) is 9.59 Å². The summed E-state index contributed by atoms with van der Waals surface area (Å²) in [7, 11) is 3.30. The summed E-state index contributed by atoms with van der Waals surface area (Å²) in [4.78, 5) is 24.4. The molecular weight excluding hydrogens is 392 g/mol. The Morgan fingerprint density at radius 1 is 1.19 bits per heavy atom. The van der Waals surface area contributed by atoms with Crippen LogP contribution in [0.2, 0.25) is 0 Å². The van der Waals surface area contributed by atoms with Gasteiger partial charge >= 0.3 is 5.97 Å². The molecule has 0 radical (unpaired) electrons. The Kier molecular flexibility index (Phi) is 6.87. The highest BCUT2D eigenvalue weighted by Crippen LogP contribution is 2.24. The molecular formula is C24H26N4O3. The summed E-state index contributed by atoms with van der Waals surface area (Å²) in [6, 6.07) is 12.4. The number of carbonyl (C=O) groups excluding carboxylic acids is 2. The van der Waals surface area contributed by atoms with Gasteiger partial charge in [-0.15, -0.1) is 0 Å². The quantitative estimate of drug-likeness (QED) is 0.499. The standard InChI is InChI=1S/C24H26N4O3/c1-16-12-19(8-9-22(16)24(30)31-4)23(29)27-20-7-5-6-18(13-20)17(2)25-10-11-26-21-14-28(3)15-21/h5-15,17H,1-4H3,(H2-,25,26,27,29,30). The van der Waals surface area contributed by atoms with Crippen molar-refractivity contribution in [2.24, 2.45) is 0 Å². The lowest BCUT2D eigenvalue weighted by Crippen LogP contribution is -2.21. The van der Waals surface area contributed by atoms with Crippen LogP contribution in [0.5, 0.6) is 0 Å². The molecule has 31 heavy (non-hydrogen) atoms. The Morgan fingerprint density at radius 2 is 1.97 bits per heavy atom. The van der Waals surface area contributed by atoms with E-state index in [0.29, 0.717) is 22.4 Å². The van der Waals surface area contributed by atoms with Crippen molar-refractivity contribution in [1.29, 1.82) is 0 Å². The van der Waals surface area contributed by atoms with Gasteiger partial charge in [0, 0.05) is 11.3 Å². The molecule has 0 aromatic heterocycles. The van der Waals surface area contributed by atoms with E-state index >= 15 is 0 Å². The van der Waals surface area contributed by atoms with Gasteiger partial charge in [-0.2, -0.15) is 6.20 Å². The second-order valence-electron chi connectivity index (χ2n) is 7.26. The summed E-state index contributed by atoms with van der Waals surface area (Å²) >= 11 is 0. The maximum absolute atomic E-state index is 12.6. The minimum absolute atomic E-state index is 0.0708. The second kappa shape index (κ2) is 9.75. The molecule has 0 aliphatic carbocycles. The van der Waals surface area contributed by atoms with Gasteiger partial charge in [0.1, 0.15) is 7.05 Å². The zero-order valence-corrected chi connectivity index (χ0v) is 18.0. The maximum Gasteiger partial charge on any atom is 0.338 e. The van der Waals surface area contributed by atoms with Crippen LogP contribution in [-0.2, 0) is 4.74 Å². The minimum Gasteiger partial charge on any atom is -0.683 e. The maximum atomic E-state index is 12.6. The number of esters is 1. The van der Waals surface area contributed by atoms with E-state index < -0.39 is 5.97 Å². The second-order valence-corrected chi connectivity index (χ2v) is 7.26. The lowest BCUT2D eigenvalue weighted by molar-refractivity contribution is -0.429. The fourth-order valence-electron chi connectivity index (χ4n) is 3.12. The first-order valence-electron chi connectivity index (χ1n) is 9.88. The van der Waals surface area contributed by atoms with E-state index in [0.717, 1.165) is 11.3 Å². The van der Waals surface area contributed by atoms with Crippen LogP contribution < -0.4 is 10.6 Å². The largest absolute Gasteiger partial charge is 0.683 e. The van der Waals surface area contributed by atoms with E-state index in [2.05, 4.69) is 16.0 Å². The molecule has 1 aliphatic heterocycles. The number of anilines is 1. The van der Waals surface area contributed by atoms with Crippen molar-refractivity contribution in [1.82, 2.24) is 5.32 Å². The third-order valence-electron chi connectivity index (χ3n) is 4.84. The average molecular weight is 418 g/mol. The van der Waals surface area contributed by atoms with E-state index in [-0.39, 0.29) is 11.9 Å². The molecule has 2 N–H and O–H groups in total. The van der Waals surface area contributed by atoms with Gasteiger partial charge in [0.25, 0.3) is 5.91 Å². The van der Waals surface area contributed by atoms with Crippen LogP contribution in [0.25, 0.3) is 5.32 Å². The number of ether oxygens (including phenoxy) is 1. The number of carbonyl (C=O) groups is 2. The van der Waals surface area contributed by atoms with Crippen LogP contribution >= 0.6 is 0 Å². The monoisotopic (exact) mass is 418 g/mol. The number of amides is 1. The third kappa shape index (κ3) is 5.60. The van der Waals surface area contributed by atoms with Crippen molar-refractivity contribution < 1.29 is 18.9 Å². The zero-order valence-electron chi connectivity index (χ0n) is 18.0. The van der Waals surface area contributed by atoms with Crippen LogP contribution in [0.15, 0.2) is 66.8 Å². The van der Waals surface area contributed by atoms with Gasteiger partial charge in [-0.05, 0) is 49.0 Å². The van der Waals surface area contributed by atoms with E-state index in [1.807, 2.05) is 55.2 Å². The van der Waals surface area contributed by atoms with E-state index in [1.54, 1.807) is 37.5 Å². The molecule has 7 heteroatoms. The minimum atomic E-state index is -0.422. The van der Waals surface area contributed by atoms with Crippen LogP contribution in [-0.4, -0.2) is 36.8 Å². The number of hydrogen-bond acceptors (Lipinski definition) is 4. The number of hydrogen-bond donors (Lipinski definition) is 2. The van der Waals surface area contributed by atoms with Crippen LogP contribution in [0.4, 0.5) is 5.69 Å². The van der Waals surface area contributed by atoms with Crippen LogP contribution in [0.3, 0.4) is 0 Å². The molecule has 0 saturated heterocycles. The van der Waals surface area contributed by atoms with Gasteiger partial charge in [0.2, 0.25) is 0 Å². The Balaban J connectivity index is 1.60. The molecule has 1 amide bonds. The highest BCUT2D eigenvalue weighted by molar-refractivity contribution is 6.05. The molecule has 0 spiro atoms. The highest BCUT2D eigenvalue weighted by atomic mass is 16.5. The van der Waals surface area contributed by atoms with Gasteiger partial charge in [-0.3, -0.25) is 4.79 Å². The van der Waals surface area contributed by atoms with E-state index in [4.69, 9.17) is 4.74 Å². The van der Waals surface area contributed by atoms with Gasteiger partial charge in [-0.25, -0.2) is 9.37 Å². The molecule has 0 fully saturated rings. The number of nitrogens with one attached hydrogen (secondary N) is 2. The summed E-state index contributed by atoms with van der Waals surface area (Å²) in [5.74, 6) is -0.672. The molecule has 3 rings (SSSR count). The smallest absolute Gasteiger partial charge is 0.338 e. The lowest BCUT2D eigenvalue weighted by Gasteiger charge is -2.26. The summed E-state index contributed by atoms with van der Waals surface area (Å²) in [6.07, 6.45) is 7.47. The first-order valence-corrected chi connectivity index (χ1v) is 9.88. The number of benzene rings is 2. The first kappa shape index (κ1) is 21.8. The molecule has 1 unspecified atom stereocenters. The van der Waals surface area contributed by atoms with Crippen molar-refractivity contribution in [3.63, 3.8) is 0 Å². The topological polar surface area (TPSA) is 84.5 Å². The van der Waals surface area contributed by atoms with Crippen molar-refractivity contribution in [2.45, 2.75) is 19.9 Å². The van der Waals surface area contributed by atoms with Crippen molar-refractivity contribution in [3.8, 4) is 0 Å². The summed E-state index contributed by atoms with van der Waals surface area (Å²) in [5.41, 5.74) is 4.28. The lowest BCUT2D eigenvalue weighted by atomic mass is 10.0. The Hall–Kier alpha value is -3.87. The fourth-order valence-corrected chi connectivity index (χ4v) is 3.12. The first-order chi connectivity index (χ1) is 14.9. The molecule has 0 saturated carbocycles. The molecule has 1 aliphatic rings. The third-order valence-corrected chi connectivity index (χ3v) is 4.84. The normalized spacial score (nSPS) is 13.5. The fraction of sp³-hybridized carbons (Fsp3) is 0.208. The summed E-state index contributed by atoms with van der Waals surface area (Å²) < 4.78 is 6.71. The molecule has 1 heterocycles. The SMILES string of the molecule is COC(=O)c1ccc(C(=O)Nc2cccc(C(C)[N-]C=CNC3=C[N+](C)=C3)c2)cc1C. The molecule has 2 aromatic rings. The average Bonchev–Trinajstić information content (AvgIpc) is 2.74. The predicted molar refractivity (Wildman–Crippen MR) is 121 cm³/mol. The molecule has 0 bridgehead atoms. The highest BCUT2D eigenvalue weighted by Gasteiger charge is 2.13.